The molecule has 0 atom stereocenters. The van der Waals surface area contributed by atoms with Crippen LogP contribution in [0.3, 0.4) is 0 Å². The van der Waals surface area contributed by atoms with Gasteiger partial charge in [-0.1, -0.05) is 18.2 Å². The lowest BCUT2D eigenvalue weighted by Crippen LogP contribution is -2.08. The molecule has 2 N–H and O–H groups in total. The van der Waals surface area contributed by atoms with Crippen molar-refractivity contribution in [1.29, 1.82) is 0 Å². The van der Waals surface area contributed by atoms with Crippen LogP contribution in [0.15, 0.2) is 59.3 Å². The highest BCUT2D eigenvalue weighted by molar-refractivity contribution is 5.82. The van der Waals surface area contributed by atoms with Crippen molar-refractivity contribution in [1.82, 2.24) is 19.5 Å². The number of aromatic nitrogens is 4. The maximum absolute atomic E-state index is 6.03. The van der Waals surface area contributed by atoms with Gasteiger partial charge in [-0.15, -0.1) is 5.73 Å². The summed E-state index contributed by atoms with van der Waals surface area (Å²) in [6.45, 7) is 3.50. The molecule has 1 aliphatic carbocycles. The standard InChI is InChI=1S/C19H19N5O2/c1-13-7-3-4-8-15-14(13)11-24-12-21-16-17(20)22-19(23-18(16)24)26-10-6-2-5-9-25-15/h2-5,8,12H,6,9-11H2,1H3,(H2,20,22,23). The Kier molecular flexibility index (Phi) is 4.29. The summed E-state index contributed by atoms with van der Waals surface area (Å²) in [5.41, 5.74) is 12.5. The summed E-state index contributed by atoms with van der Waals surface area (Å²) in [5, 5.41) is 0. The first-order chi connectivity index (χ1) is 12.7. The molecule has 2 aromatic rings. The van der Waals surface area contributed by atoms with Gasteiger partial charge in [0.05, 0.1) is 19.5 Å². The third kappa shape index (κ3) is 3.12. The second kappa shape index (κ2) is 6.90. The second-order valence-electron chi connectivity index (χ2n) is 5.99. The second-order valence-corrected chi connectivity index (χ2v) is 5.99. The Bertz CT molecular complexity index is 1010. The van der Waals surface area contributed by atoms with E-state index >= 15 is 0 Å². The highest BCUT2D eigenvalue weighted by Crippen LogP contribution is 2.25. The van der Waals surface area contributed by atoms with Crippen molar-refractivity contribution in [3.05, 3.63) is 59.3 Å². The number of allylic oxidation sites excluding steroid dienone is 4. The number of ether oxygens (including phenoxy) is 2. The Morgan fingerprint density at radius 3 is 3.08 bits per heavy atom. The zero-order valence-corrected chi connectivity index (χ0v) is 14.5. The maximum atomic E-state index is 6.03. The Hall–Kier alpha value is -3.31. The van der Waals surface area contributed by atoms with Crippen LogP contribution in [0.2, 0.25) is 0 Å². The zero-order chi connectivity index (χ0) is 17.9. The van der Waals surface area contributed by atoms with E-state index < -0.39 is 0 Å². The van der Waals surface area contributed by atoms with Gasteiger partial charge in [0.15, 0.2) is 17.0 Å². The lowest BCUT2D eigenvalue weighted by molar-refractivity contribution is 0.255. The number of rotatable bonds is 0. The quantitative estimate of drug-likeness (QED) is 0.581. The molecule has 4 rings (SSSR count). The van der Waals surface area contributed by atoms with E-state index in [1.54, 1.807) is 6.33 Å². The normalized spacial score (nSPS) is 17.3. The molecule has 3 heterocycles. The zero-order valence-electron chi connectivity index (χ0n) is 14.5. The van der Waals surface area contributed by atoms with Crippen LogP contribution >= 0.6 is 0 Å². The predicted octanol–water partition coefficient (Wildman–Crippen LogP) is 2.69. The Morgan fingerprint density at radius 2 is 2.15 bits per heavy atom. The third-order valence-corrected chi connectivity index (χ3v) is 4.21. The molecule has 2 bridgehead atoms. The molecule has 0 saturated heterocycles. The van der Waals surface area contributed by atoms with Crippen LogP contribution in [0.4, 0.5) is 5.82 Å². The van der Waals surface area contributed by atoms with Gasteiger partial charge in [0.2, 0.25) is 0 Å². The van der Waals surface area contributed by atoms with E-state index in [2.05, 4.69) is 20.7 Å². The monoisotopic (exact) mass is 349 g/mol. The molecule has 0 unspecified atom stereocenters. The molecule has 1 aliphatic heterocycles. The van der Waals surface area contributed by atoms with Crippen LogP contribution in [0.5, 0.6) is 6.01 Å². The van der Waals surface area contributed by atoms with Gasteiger partial charge in [-0.3, -0.25) is 0 Å². The SMILES string of the molecule is CC1=C=CC=CC2=C1Cn1cnc3c(N)nc(nc31)OCCC=CCO2. The summed E-state index contributed by atoms with van der Waals surface area (Å²) in [6.07, 6.45) is 12.2. The molecule has 0 spiro atoms. The molecular formula is C19H19N5O2. The molecule has 132 valence electrons. The van der Waals surface area contributed by atoms with Crippen LogP contribution in [0, 0.1) is 0 Å². The van der Waals surface area contributed by atoms with Crippen molar-refractivity contribution >= 4 is 17.0 Å². The molecule has 7 nitrogen and oxygen atoms in total. The molecule has 2 aromatic heterocycles. The number of nitrogens with zero attached hydrogens (tertiary/aromatic N) is 4. The summed E-state index contributed by atoms with van der Waals surface area (Å²) < 4.78 is 13.5. The van der Waals surface area contributed by atoms with E-state index in [4.69, 9.17) is 15.2 Å². The van der Waals surface area contributed by atoms with E-state index in [0.29, 0.717) is 36.7 Å². The minimum absolute atomic E-state index is 0.264. The number of hydrogen-bond donors (Lipinski definition) is 1. The molecule has 0 saturated carbocycles. The van der Waals surface area contributed by atoms with Gasteiger partial charge < -0.3 is 19.8 Å². The highest BCUT2D eigenvalue weighted by Gasteiger charge is 2.16. The minimum Gasteiger partial charge on any atom is -0.489 e. The van der Waals surface area contributed by atoms with Gasteiger partial charge in [-0.2, -0.15) is 9.97 Å². The lowest BCUT2D eigenvalue weighted by Gasteiger charge is -2.14. The molecule has 7 heteroatoms. The summed E-state index contributed by atoms with van der Waals surface area (Å²) >= 11 is 0. The molecular weight excluding hydrogens is 330 g/mol. The van der Waals surface area contributed by atoms with Crippen LogP contribution in [0.1, 0.15) is 13.3 Å². The van der Waals surface area contributed by atoms with E-state index in [-0.39, 0.29) is 6.01 Å². The number of anilines is 1. The number of fused-ring (bicyclic) bond motifs is 1. The van der Waals surface area contributed by atoms with Crippen molar-refractivity contribution in [3.8, 4) is 6.01 Å². The highest BCUT2D eigenvalue weighted by atomic mass is 16.5. The average Bonchev–Trinajstić information content (AvgIpc) is 2.95. The van der Waals surface area contributed by atoms with Crippen molar-refractivity contribution in [2.24, 2.45) is 0 Å². The maximum Gasteiger partial charge on any atom is 0.320 e. The summed E-state index contributed by atoms with van der Waals surface area (Å²) in [5.74, 6) is 1.12. The van der Waals surface area contributed by atoms with Crippen molar-refractivity contribution in [2.45, 2.75) is 19.9 Å². The molecule has 0 fully saturated rings. The smallest absolute Gasteiger partial charge is 0.320 e. The van der Waals surface area contributed by atoms with E-state index in [9.17, 15) is 0 Å². The number of imidazole rings is 1. The molecule has 2 aliphatic rings. The van der Waals surface area contributed by atoms with Gasteiger partial charge in [-0.25, -0.2) is 4.98 Å². The fourth-order valence-corrected chi connectivity index (χ4v) is 2.85. The fourth-order valence-electron chi connectivity index (χ4n) is 2.85. The first-order valence-corrected chi connectivity index (χ1v) is 8.45. The van der Waals surface area contributed by atoms with Crippen LogP contribution in [0.25, 0.3) is 11.2 Å². The average molecular weight is 349 g/mol. The van der Waals surface area contributed by atoms with Gasteiger partial charge in [0.25, 0.3) is 0 Å². The van der Waals surface area contributed by atoms with E-state index in [1.165, 1.54) is 0 Å². The van der Waals surface area contributed by atoms with E-state index in [0.717, 1.165) is 23.3 Å². The topological polar surface area (TPSA) is 88.1 Å². The van der Waals surface area contributed by atoms with Gasteiger partial charge >= 0.3 is 6.01 Å². The lowest BCUT2D eigenvalue weighted by atomic mass is 10.1. The Morgan fingerprint density at radius 1 is 1.23 bits per heavy atom. The predicted molar refractivity (Wildman–Crippen MR) is 98.4 cm³/mol. The first kappa shape index (κ1) is 16.2. The summed E-state index contributed by atoms with van der Waals surface area (Å²) in [7, 11) is 0. The summed E-state index contributed by atoms with van der Waals surface area (Å²) in [6, 6.07) is 0.264. The Balaban J connectivity index is 1.86. The number of hydrogen-bond acceptors (Lipinski definition) is 6. The summed E-state index contributed by atoms with van der Waals surface area (Å²) in [4.78, 5) is 13.0. The van der Waals surface area contributed by atoms with Gasteiger partial charge in [0, 0.05) is 5.57 Å². The number of nitrogen functional groups attached to an aromatic ring is 1. The van der Waals surface area contributed by atoms with E-state index in [1.807, 2.05) is 41.9 Å². The molecule has 0 radical (unpaired) electrons. The van der Waals surface area contributed by atoms with Crippen molar-refractivity contribution in [2.75, 3.05) is 18.9 Å². The first-order valence-electron chi connectivity index (χ1n) is 8.45. The molecule has 26 heavy (non-hydrogen) atoms. The molecule has 0 amide bonds. The minimum atomic E-state index is 0.264. The van der Waals surface area contributed by atoms with Crippen molar-refractivity contribution < 1.29 is 9.47 Å². The van der Waals surface area contributed by atoms with Crippen LogP contribution in [-0.2, 0) is 11.3 Å². The van der Waals surface area contributed by atoms with Crippen LogP contribution < -0.4 is 10.5 Å². The fraction of sp³-hybridized carbons (Fsp3) is 0.263. The van der Waals surface area contributed by atoms with Crippen molar-refractivity contribution in [3.63, 3.8) is 0 Å². The van der Waals surface area contributed by atoms with Gasteiger partial charge in [-0.05, 0) is 31.1 Å². The molecule has 0 aromatic carbocycles. The number of nitrogens with two attached hydrogens (primary N) is 1. The Labute approximate surface area is 150 Å². The largest absolute Gasteiger partial charge is 0.489 e. The van der Waals surface area contributed by atoms with Gasteiger partial charge in [0.1, 0.15) is 12.4 Å². The third-order valence-electron chi connectivity index (χ3n) is 4.21. The van der Waals surface area contributed by atoms with Crippen LogP contribution in [-0.4, -0.2) is 32.7 Å².